The third-order valence-corrected chi connectivity index (χ3v) is 5.91. The van der Waals surface area contributed by atoms with Crippen molar-refractivity contribution in [1.82, 2.24) is 5.32 Å². The number of carbonyl (C=O) groups excluding carboxylic acids is 1. The zero-order valence-corrected chi connectivity index (χ0v) is 18.8. The molecule has 1 atom stereocenters. The van der Waals surface area contributed by atoms with Crippen molar-refractivity contribution >= 4 is 29.3 Å². The van der Waals surface area contributed by atoms with Crippen molar-refractivity contribution in [2.75, 3.05) is 5.75 Å². The van der Waals surface area contributed by atoms with Gasteiger partial charge >= 0.3 is 0 Å². The molecule has 0 aliphatic rings. The van der Waals surface area contributed by atoms with E-state index in [2.05, 4.69) is 48.3 Å². The number of nitrogens with one attached hydrogen (secondary N) is 1. The Kier molecular flexibility index (Phi) is 7.47. The van der Waals surface area contributed by atoms with Gasteiger partial charge in [-0.1, -0.05) is 84.9 Å². The number of amides is 1. The number of hydrogen-bond donors (Lipinski definition) is 2. The van der Waals surface area contributed by atoms with E-state index >= 15 is 0 Å². The molecule has 4 heteroatoms. The molecule has 1 N–H and O–H groups in total. The van der Waals surface area contributed by atoms with Crippen LogP contribution in [0.1, 0.15) is 16.7 Å². The summed E-state index contributed by atoms with van der Waals surface area (Å²) in [5.74, 6) is 1.38. The number of rotatable bonds is 9. The van der Waals surface area contributed by atoms with E-state index in [0.29, 0.717) is 18.8 Å². The van der Waals surface area contributed by atoms with Gasteiger partial charge in [0.1, 0.15) is 12.4 Å². The highest BCUT2D eigenvalue weighted by atomic mass is 32.1. The number of ether oxygens (including phenoxy) is 1. The van der Waals surface area contributed by atoms with Crippen LogP contribution in [0.15, 0.2) is 97.1 Å². The van der Waals surface area contributed by atoms with Gasteiger partial charge in [0.25, 0.3) is 0 Å². The molecular formula is C28H27NO2S. The fourth-order valence-electron chi connectivity index (χ4n) is 3.81. The molecule has 3 nitrogen and oxygen atoms in total. The maximum absolute atomic E-state index is 12.7. The van der Waals surface area contributed by atoms with Gasteiger partial charge in [0.15, 0.2) is 0 Å². The lowest BCUT2D eigenvalue weighted by atomic mass is 9.99. The van der Waals surface area contributed by atoms with Gasteiger partial charge in [0.05, 0.1) is 6.42 Å². The van der Waals surface area contributed by atoms with E-state index in [1.807, 2.05) is 66.7 Å². The predicted octanol–water partition coefficient (Wildman–Crippen LogP) is 5.62. The second kappa shape index (κ2) is 10.9. The molecule has 0 saturated carbocycles. The first kappa shape index (κ1) is 22.0. The van der Waals surface area contributed by atoms with Crippen LogP contribution in [0, 0.1) is 0 Å². The van der Waals surface area contributed by atoms with Crippen molar-refractivity contribution in [3.05, 3.63) is 114 Å². The second-order valence-electron chi connectivity index (χ2n) is 7.88. The van der Waals surface area contributed by atoms with Crippen LogP contribution in [-0.2, 0) is 24.2 Å². The van der Waals surface area contributed by atoms with Crippen LogP contribution >= 0.6 is 12.6 Å². The van der Waals surface area contributed by atoms with E-state index in [1.54, 1.807) is 0 Å². The van der Waals surface area contributed by atoms with Gasteiger partial charge in [-0.3, -0.25) is 4.79 Å². The first-order chi connectivity index (χ1) is 15.7. The zero-order chi connectivity index (χ0) is 22.2. The molecule has 0 aliphatic heterocycles. The molecule has 0 heterocycles. The van der Waals surface area contributed by atoms with Crippen molar-refractivity contribution in [2.24, 2.45) is 0 Å². The highest BCUT2D eigenvalue weighted by Crippen LogP contribution is 2.20. The van der Waals surface area contributed by atoms with Crippen molar-refractivity contribution < 1.29 is 9.53 Å². The van der Waals surface area contributed by atoms with E-state index in [0.717, 1.165) is 23.3 Å². The maximum atomic E-state index is 12.7. The fourth-order valence-corrected chi connectivity index (χ4v) is 4.03. The Morgan fingerprint density at radius 2 is 1.53 bits per heavy atom. The number of fused-ring (bicyclic) bond motifs is 1. The lowest BCUT2D eigenvalue weighted by Crippen LogP contribution is -2.38. The van der Waals surface area contributed by atoms with Crippen molar-refractivity contribution in [3.63, 3.8) is 0 Å². The predicted molar refractivity (Wildman–Crippen MR) is 134 cm³/mol. The number of benzene rings is 4. The summed E-state index contributed by atoms with van der Waals surface area (Å²) in [6.45, 7) is 0.526. The molecule has 0 spiro atoms. The minimum atomic E-state index is -0.0230. The number of hydrogen-bond acceptors (Lipinski definition) is 3. The molecule has 0 aromatic heterocycles. The topological polar surface area (TPSA) is 38.3 Å². The van der Waals surface area contributed by atoms with Gasteiger partial charge in [-0.2, -0.15) is 12.6 Å². The lowest BCUT2D eigenvalue weighted by Gasteiger charge is -2.18. The largest absolute Gasteiger partial charge is 0.489 e. The first-order valence-electron chi connectivity index (χ1n) is 10.8. The average Bonchev–Trinajstić information content (AvgIpc) is 2.84. The van der Waals surface area contributed by atoms with Crippen LogP contribution in [0.4, 0.5) is 0 Å². The summed E-state index contributed by atoms with van der Waals surface area (Å²) in [6.07, 6.45) is 1.08. The van der Waals surface area contributed by atoms with E-state index in [-0.39, 0.29) is 11.9 Å². The van der Waals surface area contributed by atoms with Gasteiger partial charge in [0.2, 0.25) is 5.91 Å². The first-order valence-corrected chi connectivity index (χ1v) is 11.5. The molecule has 0 bridgehead atoms. The normalized spacial score (nSPS) is 11.8. The molecule has 0 saturated heterocycles. The second-order valence-corrected chi connectivity index (χ2v) is 8.25. The minimum absolute atomic E-state index is 0.00207. The minimum Gasteiger partial charge on any atom is -0.489 e. The summed E-state index contributed by atoms with van der Waals surface area (Å²) in [4.78, 5) is 12.7. The molecule has 0 fully saturated rings. The summed E-state index contributed by atoms with van der Waals surface area (Å²) in [5, 5.41) is 5.58. The monoisotopic (exact) mass is 441 g/mol. The van der Waals surface area contributed by atoms with Crippen LogP contribution in [0.25, 0.3) is 10.8 Å². The lowest BCUT2D eigenvalue weighted by molar-refractivity contribution is -0.121. The zero-order valence-electron chi connectivity index (χ0n) is 17.9. The van der Waals surface area contributed by atoms with Crippen molar-refractivity contribution in [1.29, 1.82) is 0 Å². The van der Waals surface area contributed by atoms with Crippen LogP contribution in [-0.4, -0.2) is 17.7 Å². The molecule has 4 aromatic rings. The number of carbonyl (C=O) groups is 1. The van der Waals surface area contributed by atoms with E-state index < -0.39 is 0 Å². The third kappa shape index (κ3) is 5.92. The molecule has 1 amide bonds. The van der Waals surface area contributed by atoms with Crippen LogP contribution in [0.3, 0.4) is 0 Å². The summed E-state index contributed by atoms with van der Waals surface area (Å²) in [6, 6.07) is 32.4. The molecule has 0 radical (unpaired) electrons. The Morgan fingerprint density at radius 1 is 0.812 bits per heavy atom. The van der Waals surface area contributed by atoms with Gasteiger partial charge in [-0.05, 0) is 46.0 Å². The Labute approximate surface area is 194 Å². The third-order valence-electron chi connectivity index (χ3n) is 5.47. The molecule has 0 unspecified atom stereocenters. The highest BCUT2D eigenvalue weighted by molar-refractivity contribution is 7.80. The quantitative estimate of drug-likeness (QED) is 0.331. The number of thiol groups is 1. The molecule has 162 valence electrons. The van der Waals surface area contributed by atoms with Crippen LogP contribution in [0.2, 0.25) is 0 Å². The molecular weight excluding hydrogens is 414 g/mol. The summed E-state index contributed by atoms with van der Waals surface area (Å²) in [5.41, 5.74) is 3.31. The Hall–Kier alpha value is -3.24. The Morgan fingerprint density at radius 3 is 2.31 bits per heavy atom. The standard InChI is InChI=1S/C28H27NO2S/c30-28(17-21-13-15-26(16-14-21)31-19-22-7-2-1-3-8-22)29-25(20-32)18-24-11-6-10-23-9-4-5-12-27(23)24/h1-16,25,32H,17-20H2,(H,29,30)/t25-/m1/s1. The van der Waals surface area contributed by atoms with Crippen LogP contribution in [0.5, 0.6) is 5.75 Å². The van der Waals surface area contributed by atoms with E-state index in [4.69, 9.17) is 4.74 Å². The van der Waals surface area contributed by atoms with Crippen molar-refractivity contribution in [3.8, 4) is 5.75 Å². The van der Waals surface area contributed by atoms with Gasteiger partial charge in [-0.15, -0.1) is 0 Å². The van der Waals surface area contributed by atoms with E-state index in [1.165, 1.54) is 16.3 Å². The molecule has 4 rings (SSSR count). The van der Waals surface area contributed by atoms with Crippen LogP contribution < -0.4 is 10.1 Å². The molecule has 32 heavy (non-hydrogen) atoms. The smallest absolute Gasteiger partial charge is 0.224 e. The summed E-state index contributed by atoms with van der Waals surface area (Å²) in [7, 11) is 0. The van der Waals surface area contributed by atoms with Gasteiger partial charge < -0.3 is 10.1 Å². The highest BCUT2D eigenvalue weighted by Gasteiger charge is 2.14. The average molecular weight is 442 g/mol. The molecule has 0 aliphatic carbocycles. The fraction of sp³-hybridized carbons (Fsp3) is 0.179. The Bertz CT molecular complexity index is 1150. The maximum Gasteiger partial charge on any atom is 0.224 e. The molecule has 4 aromatic carbocycles. The summed E-state index contributed by atoms with van der Waals surface area (Å²) < 4.78 is 5.82. The van der Waals surface area contributed by atoms with Gasteiger partial charge in [0, 0.05) is 11.8 Å². The van der Waals surface area contributed by atoms with E-state index in [9.17, 15) is 4.79 Å². The Balaban J connectivity index is 1.32. The van der Waals surface area contributed by atoms with Gasteiger partial charge in [-0.25, -0.2) is 0 Å². The SMILES string of the molecule is O=C(Cc1ccc(OCc2ccccc2)cc1)N[C@@H](CS)Cc1cccc2ccccc12. The van der Waals surface area contributed by atoms with Crippen molar-refractivity contribution in [2.45, 2.75) is 25.5 Å². The summed E-state index contributed by atoms with van der Waals surface area (Å²) >= 11 is 4.48.